The number of rotatable bonds is 5. The molecule has 94 valence electrons. The van der Waals surface area contributed by atoms with Crippen LogP contribution in [-0.4, -0.2) is 36.1 Å². The molecule has 2 heteroatoms. The molecule has 1 atom stereocenters. The van der Waals surface area contributed by atoms with Crippen molar-refractivity contribution in [1.29, 1.82) is 0 Å². The Morgan fingerprint density at radius 3 is 2.19 bits per heavy atom. The molecule has 1 heterocycles. The van der Waals surface area contributed by atoms with Gasteiger partial charge in [0.25, 0.3) is 0 Å². The fourth-order valence-corrected chi connectivity index (χ4v) is 4.00. The Balaban J connectivity index is 2.12. The third kappa shape index (κ3) is 2.14. The normalized spacial score (nSPS) is 27.4. The lowest BCUT2D eigenvalue weighted by Gasteiger charge is -2.45. The highest BCUT2D eigenvalue weighted by atomic mass is 15.2. The molecule has 0 radical (unpaired) electrons. The lowest BCUT2D eigenvalue weighted by molar-refractivity contribution is 0.0756. The fourth-order valence-electron chi connectivity index (χ4n) is 4.00. The topological polar surface area (TPSA) is 15.3 Å². The molecule has 1 aliphatic carbocycles. The SMILES string of the molecule is CCNC(CC)C1(N2CCCC2)CCCC1. The van der Waals surface area contributed by atoms with Crippen LogP contribution in [-0.2, 0) is 0 Å². The van der Waals surface area contributed by atoms with Gasteiger partial charge in [-0.25, -0.2) is 0 Å². The molecule has 1 unspecified atom stereocenters. The average Bonchev–Trinajstić information content (AvgIpc) is 2.95. The summed E-state index contributed by atoms with van der Waals surface area (Å²) in [6, 6.07) is 0.720. The third-order valence-electron chi connectivity index (χ3n) is 4.71. The standard InChI is InChI=1S/C14H28N2/c1-3-13(15-4-2)14(9-5-6-10-14)16-11-7-8-12-16/h13,15H,3-12H2,1-2H3. The van der Waals surface area contributed by atoms with Crippen LogP contribution in [0.15, 0.2) is 0 Å². The van der Waals surface area contributed by atoms with Crippen molar-refractivity contribution in [3.05, 3.63) is 0 Å². The lowest BCUT2D eigenvalue weighted by Crippen LogP contribution is -2.58. The van der Waals surface area contributed by atoms with E-state index < -0.39 is 0 Å². The van der Waals surface area contributed by atoms with Crippen LogP contribution in [0.3, 0.4) is 0 Å². The molecule has 2 rings (SSSR count). The van der Waals surface area contributed by atoms with Gasteiger partial charge in [-0.3, -0.25) is 4.90 Å². The molecule has 0 spiro atoms. The van der Waals surface area contributed by atoms with Crippen molar-refractivity contribution < 1.29 is 0 Å². The summed E-state index contributed by atoms with van der Waals surface area (Å²) in [7, 11) is 0. The summed E-state index contributed by atoms with van der Waals surface area (Å²) < 4.78 is 0. The summed E-state index contributed by atoms with van der Waals surface area (Å²) in [5.74, 6) is 0. The third-order valence-corrected chi connectivity index (χ3v) is 4.71. The van der Waals surface area contributed by atoms with E-state index >= 15 is 0 Å². The van der Waals surface area contributed by atoms with Crippen molar-refractivity contribution in [2.45, 2.75) is 70.4 Å². The minimum absolute atomic E-state index is 0.515. The molecule has 1 saturated carbocycles. The Bertz CT molecular complexity index is 203. The van der Waals surface area contributed by atoms with Crippen molar-refractivity contribution in [3.63, 3.8) is 0 Å². The smallest absolute Gasteiger partial charge is 0.0362 e. The number of hydrogen-bond donors (Lipinski definition) is 1. The Morgan fingerprint density at radius 1 is 1.06 bits per heavy atom. The van der Waals surface area contributed by atoms with Crippen molar-refractivity contribution in [2.24, 2.45) is 0 Å². The Morgan fingerprint density at radius 2 is 1.69 bits per heavy atom. The first-order valence-electron chi connectivity index (χ1n) is 7.32. The van der Waals surface area contributed by atoms with Crippen LogP contribution in [0.4, 0.5) is 0 Å². The monoisotopic (exact) mass is 224 g/mol. The Kier molecular flexibility index (Phi) is 4.26. The molecule has 2 nitrogen and oxygen atoms in total. The maximum atomic E-state index is 3.75. The highest BCUT2D eigenvalue weighted by Crippen LogP contribution is 2.40. The summed E-state index contributed by atoms with van der Waals surface area (Å²) in [5, 5.41) is 3.75. The largest absolute Gasteiger partial charge is 0.312 e. The molecule has 2 fully saturated rings. The van der Waals surface area contributed by atoms with Gasteiger partial charge in [-0.1, -0.05) is 26.7 Å². The van der Waals surface area contributed by atoms with Crippen molar-refractivity contribution in [1.82, 2.24) is 10.2 Å². The first-order chi connectivity index (χ1) is 7.83. The van der Waals surface area contributed by atoms with E-state index in [-0.39, 0.29) is 0 Å². The molecule has 0 aromatic rings. The predicted octanol–water partition coefficient (Wildman–Crippen LogP) is 2.78. The molecule has 0 aromatic carbocycles. The van der Waals surface area contributed by atoms with Gasteiger partial charge in [0, 0.05) is 11.6 Å². The Hall–Kier alpha value is -0.0800. The number of likely N-dealkylation sites (N-methyl/N-ethyl adjacent to an activating group) is 1. The van der Waals surface area contributed by atoms with Gasteiger partial charge in [-0.2, -0.15) is 0 Å². The molecule has 1 saturated heterocycles. The number of likely N-dealkylation sites (tertiary alicyclic amines) is 1. The van der Waals surface area contributed by atoms with E-state index in [1.807, 2.05) is 0 Å². The van der Waals surface area contributed by atoms with E-state index in [4.69, 9.17) is 0 Å². The second-order valence-electron chi connectivity index (χ2n) is 5.52. The van der Waals surface area contributed by atoms with Gasteiger partial charge in [-0.05, 0) is 51.7 Å². The van der Waals surface area contributed by atoms with Crippen LogP contribution in [0.5, 0.6) is 0 Å². The van der Waals surface area contributed by atoms with E-state index in [9.17, 15) is 0 Å². The molecule has 16 heavy (non-hydrogen) atoms. The molecular weight excluding hydrogens is 196 g/mol. The highest BCUT2D eigenvalue weighted by Gasteiger charge is 2.45. The summed E-state index contributed by atoms with van der Waals surface area (Å²) in [6.45, 7) is 8.41. The van der Waals surface area contributed by atoms with Gasteiger partial charge in [0.05, 0.1) is 0 Å². The van der Waals surface area contributed by atoms with E-state index in [1.165, 1.54) is 58.0 Å². The maximum absolute atomic E-state index is 3.75. The van der Waals surface area contributed by atoms with Crippen molar-refractivity contribution in [2.75, 3.05) is 19.6 Å². The molecule has 0 bridgehead atoms. The minimum atomic E-state index is 0.515. The van der Waals surface area contributed by atoms with E-state index in [0.29, 0.717) is 5.54 Å². The van der Waals surface area contributed by atoms with Crippen LogP contribution in [0.2, 0.25) is 0 Å². The quantitative estimate of drug-likeness (QED) is 0.772. The van der Waals surface area contributed by atoms with E-state index in [2.05, 4.69) is 24.1 Å². The second-order valence-corrected chi connectivity index (χ2v) is 5.52. The fraction of sp³-hybridized carbons (Fsp3) is 1.00. The molecule has 1 aliphatic heterocycles. The van der Waals surface area contributed by atoms with Gasteiger partial charge >= 0.3 is 0 Å². The summed E-state index contributed by atoms with van der Waals surface area (Å²) in [5.41, 5.74) is 0.515. The van der Waals surface area contributed by atoms with Crippen LogP contribution in [0, 0.1) is 0 Å². The second kappa shape index (κ2) is 5.50. The van der Waals surface area contributed by atoms with E-state index in [1.54, 1.807) is 0 Å². The summed E-state index contributed by atoms with van der Waals surface area (Å²) in [6.07, 6.45) is 9.87. The van der Waals surface area contributed by atoms with Crippen molar-refractivity contribution >= 4 is 0 Å². The Labute approximate surface area is 101 Å². The lowest BCUT2D eigenvalue weighted by atomic mass is 9.84. The van der Waals surface area contributed by atoms with Gasteiger partial charge < -0.3 is 5.32 Å². The molecular formula is C14H28N2. The zero-order valence-electron chi connectivity index (χ0n) is 11.1. The van der Waals surface area contributed by atoms with Gasteiger partial charge in [0.15, 0.2) is 0 Å². The maximum Gasteiger partial charge on any atom is 0.0362 e. The van der Waals surface area contributed by atoms with Gasteiger partial charge in [-0.15, -0.1) is 0 Å². The average molecular weight is 224 g/mol. The molecule has 2 aliphatic rings. The van der Waals surface area contributed by atoms with Crippen LogP contribution >= 0.6 is 0 Å². The summed E-state index contributed by atoms with van der Waals surface area (Å²) >= 11 is 0. The number of hydrogen-bond acceptors (Lipinski definition) is 2. The van der Waals surface area contributed by atoms with Crippen LogP contribution < -0.4 is 5.32 Å². The number of nitrogens with one attached hydrogen (secondary N) is 1. The highest BCUT2D eigenvalue weighted by molar-refractivity contribution is 5.04. The predicted molar refractivity (Wildman–Crippen MR) is 69.8 cm³/mol. The van der Waals surface area contributed by atoms with E-state index in [0.717, 1.165) is 12.6 Å². The van der Waals surface area contributed by atoms with Gasteiger partial charge in [0.1, 0.15) is 0 Å². The number of nitrogens with zero attached hydrogens (tertiary/aromatic N) is 1. The first-order valence-corrected chi connectivity index (χ1v) is 7.32. The zero-order valence-corrected chi connectivity index (χ0v) is 11.1. The zero-order chi connectivity index (χ0) is 11.4. The van der Waals surface area contributed by atoms with Crippen LogP contribution in [0.1, 0.15) is 58.8 Å². The van der Waals surface area contributed by atoms with Crippen LogP contribution in [0.25, 0.3) is 0 Å². The summed E-state index contributed by atoms with van der Waals surface area (Å²) in [4.78, 5) is 2.82. The molecule has 1 N–H and O–H groups in total. The van der Waals surface area contributed by atoms with Gasteiger partial charge in [0.2, 0.25) is 0 Å². The first kappa shape index (κ1) is 12.4. The minimum Gasteiger partial charge on any atom is -0.312 e. The molecule has 0 aromatic heterocycles. The molecule has 0 amide bonds. The van der Waals surface area contributed by atoms with Crippen molar-refractivity contribution in [3.8, 4) is 0 Å².